The molecule has 2 unspecified atom stereocenters. The van der Waals surface area contributed by atoms with Gasteiger partial charge in [0.1, 0.15) is 6.23 Å². The number of hydrogen-bond donors (Lipinski definition) is 1. The average molecular weight is 448 g/mol. The summed E-state index contributed by atoms with van der Waals surface area (Å²) in [5.74, 6) is 0. The van der Waals surface area contributed by atoms with Gasteiger partial charge in [0.05, 0.1) is 20.5 Å². The third-order valence-corrected chi connectivity index (χ3v) is 6.73. The molecule has 0 aromatic carbocycles. The number of aromatic nitrogens is 2. The minimum atomic E-state index is -6.06. The maximum atomic E-state index is 11.6. The van der Waals surface area contributed by atoms with Crippen LogP contribution in [-0.2, 0) is 31.6 Å². The minimum Gasteiger partial charge on any atom is -0.790 e. The number of ether oxygens (including phenoxy) is 1. The van der Waals surface area contributed by atoms with Gasteiger partial charge in [0.25, 0.3) is 21.2 Å². The second-order valence-corrected chi connectivity index (χ2v) is 9.36. The first-order chi connectivity index (χ1) is 12.3. The number of nitrogens with one attached hydrogen (secondary N) is 1. The van der Waals surface area contributed by atoms with E-state index in [9.17, 15) is 42.9 Å². The predicted octanol–water partition coefficient (Wildman–Crippen LogP) is -2.97. The van der Waals surface area contributed by atoms with Crippen molar-refractivity contribution >= 4 is 23.5 Å². The van der Waals surface area contributed by atoms with Crippen LogP contribution in [0, 0.1) is 0 Å². The molecule has 1 aliphatic rings. The fraction of sp³-hybridized carbons (Fsp3) is 0.556. The predicted molar refractivity (Wildman–Crippen MR) is 75.4 cm³/mol. The second-order valence-electron chi connectivity index (χ2n) is 5.11. The first-order valence-corrected chi connectivity index (χ1v) is 11.3. The fourth-order valence-electron chi connectivity index (χ4n) is 2.13. The van der Waals surface area contributed by atoms with E-state index in [1.54, 1.807) is 0 Å². The lowest BCUT2D eigenvalue weighted by Crippen LogP contribution is -2.31. The van der Waals surface area contributed by atoms with E-state index in [1.165, 1.54) is 6.20 Å². The van der Waals surface area contributed by atoms with Gasteiger partial charge in [0.15, 0.2) is 0 Å². The molecule has 1 aromatic heterocycles. The van der Waals surface area contributed by atoms with Crippen molar-refractivity contribution < 1.29 is 51.2 Å². The zero-order chi connectivity index (χ0) is 20.5. The number of nitrogens with zero attached hydrogens (tertiary/aromatic N) is 1. The van der Waals surface area contributed by atoms with E-state index >= 15 is 0 Å². The SMILES string of the molecule is O=c1ccn([C@H]2CC[C@@H](COP(=O)([O-])OP(=O)([O-])OP(=O)([O-])[O-])O2)c(=O)[nH]1. The Bertz CT molecular complexity index is 933. The van der Waals surface area contributed by atoms with Gasteiger partial charge in [-0.1, -0.05) is 0 Å². The molecule has 1 fully saturated rings. The van der Waals surface area contributed by atoms with Crippen molar-refractivity contribution in [1.29, 1.82) is 0 Å². The summed E-state index contributed by atoms with van der Waals surface area (Å²) >= 11 is 0. The van der Waals surface area contributed by atoms with E-state index < -0.39 is 53.7 Å². The van der Waals surface area contributed by atoms with Gasteiger partial charge in [-0.05, 0) is 12.8 Å². The molecule has 15 nitrogen and oxygen atoms in total. The highest BCUT2D eigenvalue weighted by Crippen LogP contribution is 2.60. The average Bonchev–Trinajstić information content (AvgIpc) is 2.90. The third-order valence-electron chi connectivity index (χ3n) is 3.07. The largest absolute Gasteiger partial charge is 0.790 e. The van der Waals surface area contributed by atoms with Gasteiger partial charge in [-0.15, -0.1) is 0 Å². The van der Waals surface area contributed by atoms with Crippen LogP contribution in [0.3, 0.4) is 0 Å². The van der Waals surface area contributed by atoms with Crippen LogP contribution >= 0.6 is 23.5 Å². The molecule has 1 aromatic rings. The molecule has 154 valence electrons. The molecule has 0 radical (unpaired) electrons. The summed E-state index contributed by atoms with van der Waals surface area (Å²) in [4.78, 5) is 67.5. The molecule has 2 rings (SSSR count). The van der Waals surface area contributed by atoms with Gasteiger partial charge in [0.2, 0.25) is 0 Å². The van der Waals surface area contributed by atoms with E-state index in [0.29, 0.717) is 0 Å². The highest BCUT2D eigenvalue weighted by atomic mass is 31.3. The van der Waals surface area contributed by atoms with E-state index in [2.05, 4.69) is 13.1 Å². The summed E-state index contributed by atoms with van der Waals surface area (Å²) in [5.41, 5.74) is -1.38. The Morgan fingerprint density at radius 2 is 1.78 bits per heavy atom. The number of H-pyrrole nitrogens is 1. The van der Waals surface area contributed by atoms with Crippen LogP contribution in [0.1, 0.15) is 19.1 Å². The molecular formula is C9H11N2O13P3-4. The summed E-state index contributed by atoms with van der Waals surface area (Å²) in [6, 6.07) is 1.07. The van der Waals surface area contributed by atoms with Crippen molar-refractivity contribution in [1.82, 2.24) is 9.55 Å². The van der Waals surface area contributed by atoms with Crippen LogP contribution in [0.15, 0.2) is 21.9 Å². The van der Waals surface area contributed by atoms with E-state index in [1.807, 2.05) is 4.98 Å². The molecule has 1 aliphatic heterocycles. The van der Waals surface area contributed by atoms with Crippen molar-refractivity contribution in [3.05, 3.63) is 33.1 Å². The Morgan fingerprint density at radius 3 is 2.37 bits per heavy atom. The van der Waals surface area contributed by atoms with Crippen molar-refractivity contribution in [2.45, 2.75) is 25.2 Å². The van der Waals surface area contributed by atoms with Crippen LogP contribution in [0.5, 0.6) is 0 Å². The Morgan fingerprint density at radius 1 is 1.11 bits per heavy atom. The Balaban J connectivity index is 1.92. The molecule has 0 aliphatic carbocycles. The molecule has 4 atom stereocenters. The maximum Gasteiger partial charge on any atom is 0.330 e. The summed E-state index contributed by atoms with van der Waals surface area (Å²) in [6.45, 7) is -0.734. The summed E-state index contributed by atoms with van der Waals surface area (Å²) in [6.07, 6.45) is -0.139. The van der Waals surface area contributed by atoms with E-state index in [4.69, 9.17) is 4.74 Å². The first-order valence-electron chi connectivity index (χ1n) is 6.95. The first kappa shape index (κ1) is 22.3. The van der Waals surface area contributed by atoms with Crippen LogP contribution < -0.4 is 30.8 Å². The number of rotatable bonds is 8. The lowest BCUT2D eigenvalue weighted by Gasteiger charge is -2.37. The minimum absolute atomic E-state index is 0.193. The maximum absolute atomic E-state index is 11.6. The van der Waals surface area contributed by atoms with Crippen LogP contribution in [0.4, 0.5) is 0 Å². The lowest BCUT2D eigenvalue weighted by atomic mass is 10.2. The van der Waals surface area contributed by atoms with Gasteiger partial charge < -0.3 is 33.4 Å². The highest BCUT2D eigenvalue weighted by molar-refractivity contribution is 7.64. The lowest BCUT2D eigenvalue weighted by molar-refractivity contribution is -0.339. The zero-order valence-electron chi connectivity index (χ0n) is 13.0. The van der Waals surface area contributed by atoms with Crippen LogP contribution in [0.25, 0.3) is 0 Å². The summed E-state index contributed by atoms with van der Waals surface area (Å²) < 4.78 is 49.8. The van der Waals surface area contributed by atoms with Crippen LogP contribution in [0.2, 0.25) is 0 Å². The molecular weight excluding hydrogens is 437 g/mol. The number of phosphoric ester groups is 1. The normalized spacial score (nSPS) is 25.0. The molecule has 18 heteroatoms. The van der Waals surface area contributed by atoms with Crippen LogP contribution in [-0.4, -0.2) is 22.3 Å². The number of aromatic amines is 1. The van der Waals surface area contributed by atoms with Crippen molar-refractivity contribution in [3.63, 3.8) is 0 Å². The smallest absolute Gasteiger partial charge is 0.330 e. The highest BCUT2D eigenvalue weighted by Gasteiger charge is 2.29. The van der Waals surface area contributed by atoms with E-state index in [-0.39, 0.29) is 12.8 Å². The summed E-state index contributed by atoms with van der Waals surface area (Å²) in [7, 11) is -17.7. The van der Waals surface area contributed by atoms with E-state index in [0.717, 1.165) is 10.6 Å². The zero-order valence-corrected chi connectivity index (χ0v) is 15.7. The second kappa shape index (κ2) is 8.19. The molecule has 1 N–H and O–H groups in total. The molecule has 27 heavy (non-hydrogen) atoms. The molecule has 0 saturated carbocycles. The molecule has 0 amide bonds. The number of hydrogen-bond acceptors (Lipinski definition) is 13. The van der Waals surface area contributed by atoms with Gasteiger partial charge in [-0.2, -0.15) is 0 Å². The van der Waals surface area contributed by atoms with Crippen molar-refractivity contribution in [3.8, 4) is 0 Å². The third kappa shape index (κ3) is 7.18. The topological polar surface area (TPSA) is 235 Å². The quantitative estimate of drug-likeness (QED) is 0.392. The Labute approximate surface area is 150 Å². The summed E-state index contributed by atoms with van der Waals surface area (Å²) in [5, 5.41) is 0. The van der Waals surface area contributed by atoms with Gasteiger partial charge in [0, 0.05) is 12.3 Å². The molecule has 2 heterocycles. The Kier molecular flexibility index (Phi) is 6.78. The number of phosphoric acid groups is 3. The fourth-order valence-corrected chi connectivity index (χ4v) is 5.01. The van der Waals surface area contributed by atoms with Gasteiger partial charge in [-0.3, -0.25) is 27.8 Å². The van der Waals surface area contributed by atoms with Gasteiger partial charge in [-0.25, -0.2) is 9.11 Å². The van der Waals surface area contributed by atoms with Crippen molar-refractivity contribution in [2.24, 2.45) is 0 Å². The molecule has 0 spiro atoms. The van der Waals surface area contributed by atoms with Gasteiger partial charge >= 0.3 is 5.69 Å². The standard InChI is InChI=1S/C9H15N2O13P3/c12-7-3-4-11(9(13)10-7)8-2-1-6(22-8)5-21-26(17,18)24-27(19,20)23-25(14,15)16/h3-4,6,8H,1-2,5H2,(H,17,18)(H,19,20)(H,10,12,13)(H2,14,15,16)/p-4/t6-,8+/m0/s1. The van der Waals surface area contributed by atoms with Crippen molar-refractivity contribution in [2.75, 3.05) is 6.61 Å². The Hall–Kier alpha value is -0.950. The molecule has 0 bridgehead atoms. The molecule has 1 saturated heterocycles. The monoisotopic (exact) mass is 448 g/mol.